The standard InChI is InChI=1S/C29H30N4O3/c1-36-23-13-11-22(12-14-23)32-28(35)33-26(17-20-18-30-25-10-6-5-9-24(20)25)27(34)31-19-29(15-16-29)21-7-3-2-4-8-21/h2-14,18,26,30H,15-17,19H2,1H3,(H,31,34)(H2,32,33,35)/t26-/m1/s1. The van der Waals surface area contributed by atoms with Crippen LogP contribution in [0.25, 0.3) is 10.9 Å². The first-order chi connectivity index (χ1) is 17.6. The van der Waals surface area contributed by atoms with E-state index in [2.05, 4.69) is 33.1 Å². The highest BCUT2D eigenvalue weighted by Crippen LogP contribution is 2.47. The Balaban J connectivity index is 1.30. The average Bonchev–Trinajstić information content (AvgIpc) is 3.61. The summed E-state index contributed by atoms with van der Waals surface area (Å²) in [4.78, 5) is 29.5. The van der Waals surface area contributed by atoms with Crippen molar-refractivity contribution < 1.29 is 14.3 Å². The van der Waals surface area contributed by atoms with Gasteiger partial charge in [-0.3, -0.25) is 4.79 Å². The number of H-pyrrole nitrogens is 1. The predicted molar refractivity (Wildman–Crippen MR) is 141 cm³/mol. The Morgan fingerprint density at radius 1 is 0.972 bits per heavy atom. The minimum Gasteiger partial charge on any atom is -0.497 e. The van der Waals surface area contributed by atoms with Crippen LogP contribution in [0.5, 0.6) is 5.75 Å². The van der Waals surface area contributed by atoms with Gasteiger partial charge in [0.2, 0.25) is 5.91 Å². The number of anilines is 1. The molecule has 4 aromatic rings. The molecule has 1 fully saturated rings. The minimum absolute atomic E-state index is 0.0202. The lowest BCUT2D eigenvalue weighted by molar-refractivity contribution is -0.123. The van der Waals surface area contributed by atoms with E-state index in [-0.39, 0.29) is 11.3 Å². The van der Waals surface area contributed by atoms with Crippen molar-refractivity contribution in [1.29, 1.82) is 0 Å². The van der Waals surface area contributed by atoms with Gasteiger partial charge in [0, 0.05) is 41.2 Å². The summed E-state index contributed by atoms with van der Waals surface area (Å²) in [6.45, 7) is 0.544. The molecule has 1 atom stereocenters. The third-order valence-electron chi connectivity index (χ3n) is 6.91. The van der Waals surface area contributed by atoms with E-state index < -0.39 is 12.1 Å². The van der Waals surface area contributed by atoms with Crippen LogP contribution in [-0.2, 0) is 16.6 Å². The zero-order valence-electron chi connectivity index (χ0n) is 20.2. The summed E-state index contributed by atoms with van der Waals surface area (Å²) < 4.78 is 5.17. The lowest BCUT2D eigenvalue weighted by atomic mass is 9.95. The van der Waals surface area contributed by atoms with E-state index in [9.17, 15) is 9.59 Å². The second-order valence-corrected chi connectivity index (χ2v) is 9.31. The van der Waals surface area contributed by atoms with Gasteiger partial charge in [-0.1, -0.05) is 48.5 Å². The second kappa shape index (κ2) is 10.2. The van der Waals surface area contributed by atoms with E-state index in [1.807, 2.05) is 48.7 Å². The van der Waals surface area contributed by atoms with Crippen LogP contribution in [0.3, 0.4) is 0 Å². The molecule has 0 radical (unpaired) electrons. The van der Waals surface area contributed by atoms with Gasteiger partial charge in [-0.2, -0.15) is 0 Å². The largest absolute Gasteiger partial charge is 0.497 e. The van der Waals surface area contributed by atoms with Gasteiger partial charge < -0.3 is 25.7 Å². The van der Waals surface area contributed by atoms with Crippen molar-refractivity contribution in [2.75, 3.05) is 19.0 Å². The number of urea groups is 1. The molecule has 7 heteroatoms. The molecule has 1 heterocycles. The Bertz CT molecular complexity index is 1340. The number of nitrogens with one attached hydrogen (secondary N) is 4. The zero-order valence-corrected chi connectivity index (χ0v) is 20.2. The van der Waals surface area contributed by atoms with Gasteiger partial charge in [0.15, 0.2) is 0 Å². The van der Waals surface area contributed by atoms with E-state index in [1.54, 1.807) is 31.4 Å². The normalized spacial score (nSPS) is 14.6. The van der Waals surface area contributed by atoms with Crippen LogP contribution in [0.1, 0.15) is 24.0 Å². The van der Waals surface area contributed by atoms with Crippen LogP contribution in [0.15, 0.2) is 85.1 Å². The summed E-state index contributed by atoms with van der Waals surface area (Å²) in [7, 11) is 1.59. The summed E-state index contributed by atoms with van der Waals surface area (Å²) in [5.74, 6) is 0.498. The number of carbonyl (C=O) groups excluding carboxylic acids is 2. The van der Waals surface area contributed by atoms with Crippen LogP contribution in [0.2, 0.25) is 0 Å². The molecule has 1 aromatic heterocycles. The molecule has 0 aliphatic heterocycles. The number of ether oxygens (including phenoxy) is 1. The Morgan fingerprint density at radius 3 is 2.42 bits per heavy atom. The molecule has 3 aromatic carbocycles. The Labute approximate surface area is 210 Å². The maximum absolute atomic E-state index is 13.4. The van der Waals surface area contributed by atoms with Crippen LogP contribution in [0, 0.1) is 0 Å². The molecule has 5 rings (SSSR count). The zero-order chi connectivity index (χ0) is 25.0. The summed E-state index contributed by atoms with van der Waals surface area (Å²) in [5, 5.41) is 9.86. The lowest BCUT2D eigenvalue weighted by Gasteiger charge is -2.22. The van der Waals surface area contributed by atoms with Crippen LogP contribution < -0.4 is 20.7 Å². The maximum Gasteiger partial charge on any atom is 0.319 e. The van der Waals surface area contributed by atoms with Crippen molar-refractivity contribution in [3.63, 3.8) is 0 Å². The molecule has 1 saturated carbocycles. The number of hydrogen-bond donors (Lipinski definition) is 4. The number of rotatable bonds is 9. The highest BCUT2D eigenvalue weighted by molar-refractivity contribution is 5.94. The molecular formula is C29H30N4O3. The summed E-state index contributed by atoms with van der Waals surface area (Å²) in [6.07, 6.45) is 4.34. The van der Waals surface area contributed by atoms with Gasteiger partial charge in [-0.25, -0.2) is 4.79 Å². The minimum atomic E-state index is -0.742. The van der Waals surface area contributed by atoms with Crippen molar-refractivity contribution in [3.05, 3.63) is 96.2 Å². The Hall–Kier alpha value is -4.26. The van der Waals surface area contributed by atoms with Crippen molar-refractivity contribution in [2.24, 2.45) is 0 Å². The van der Waals surface area contributed by atoms with E-state index in [4.69, 9.17) is 4.74 Å². The number of aromatic nitrogens is 1. The summed E-state index contributed by atoms with van der Waals surface area (Å²) in [6, 6.07) is 24.1. The number of carbonyl (C=O) groups is 2. The molecule has 0 unspecified atom stereocenters. The highest BCUT2D eigenvalue weighted by atomic mass is 16.5. The molecule has 1 aliphatic rings. The molecule has 36 heavy (non-hydrogen) atoms. The third kappa shape index (κ3) is 5.20. The molecule has 0 bridgehead atoms. The van der Waals surface area contributed by atoms with Gasteiger partial charge >= 0.3 is 6.03 Å². The lowest BCUT2D eigenvalue weighted by Crippen LogP contribution is -2.50. The number of fused-ring (bicyclic) bond motifs is 1. The molecule has 7 nitrogen and oxygen atoms in total. The molecule has 0 saturated heterocycles. The topological polar surface area (TPSA) is 95.2 Å². The number of aromatic amines is 1. The molecule has 184 valence electrons. The van der Waals surface area contributed by atoms with Crippen molar-refractivity contribution in [1.82, 2.24) is 15.6 Å². The monoisotopic (exact) mass is 482 g/mol. The Morgan fingerprint density at radius 2 is 1.69 bits per heavy atom. The highest BCUT2D eigenvalue weighted by Gasteiger charge is 2.44. The number of benzene rings is 3. The first-order valence-corrected chi connectivity index (χ1v) is 12.2. The van der Waals surface area contributed by atoms with E-state index in [1.165, 1.54) is 5.56 Å². The summed E-state index contributed by atoms with van der Waals surface area (Å²) in [5.41, 5.74) is 3.80. The van der Waals surface area contributed by atoms with Crippen LogP contribution in [-0.4, -0.2) is 36.6 Å². The number of hydrogen-bond acceptors (Lipinski definition) is 3. The van der Waals surface area contributed by atoms with Crippen LogP contribution in [0.4, 0.5) is 10.5 Å². The molecule has 1 aliphatic carbocycles. The predicted octanol–water partition coefficient (Wildman–Crippen LogP) is 4.76. The summed E-state index contributed by atoms with van der Waals surface area (Å²) >= 11 is 0. The molecular weight excluding hydrogens is 452 g/mol. The maximum atomic E-state index is 13.4. The van der Waals surface area contributed by atoms with Gasteiger partial charge in [-0.05, 0) is 54.3 Å². The SMILES string of the molecule is COc1ccc(NC(=O)N[C@H](Cc2c[nH]c3ccccc23)C(=O)NCC2(c3ccccc3)CC2)cc1. The first-order valence-electron chi connectivity index (χ1n) is 12.2. The van der Waals surface area contributed by atoms with Crippen molar-refractivity contribution in [3.8, 4) is 5.75 Å². The average molecular weight is 483 g/mol. The van der Waals surface area contributed by atoms with Gasteiger partial charge in [0.1, 0.15) is 11.8 Å². The van der Waals surface area contributed by atoms with E-state index >= 15 is 0 Å². The molecule has 4 N–H and O–H groups in total. The fourth-order valence-electron chi connectivity index (χ4n) is 4.62. The third-order valence-corrected chi connectivity index (χ3v) is 6.91. The Kier molecular flexibility index (Phi) is 6.62. The number of para-hydroxylation sites is 1. The van der Waals surface area contributed by atoms with Crippen LogP contribution >= 0.6 is 0 Å². The smallest absolute Gasteiger partial charge is 0.319 e. The number of amides is 3. The van der Waals surface area contributed by atoms with E-state index in [0.717, 1.165) is 29.3 Å². The quantitative estimate of drug-likeness (QED) is 0.277. The fraction of sp³-hybridized carbons (Fsp3) is 0.241. The molecule has 3 amide bonds. The van der Waals surface area contributed by atoms with E-state index in [0.29, 0.717) is 24.4 Å². The number of methoxy groups -OCH3 is 1. The molecule has 0 spiro atoms. The van der Waals surface area contributed by atoms with Crippen molar-refractivity contribution >= 4 is 28.5 Å². The van der Waals surface area contributed by atoms with Gasteiger partial charge in [-0.15, -0.1) is 0 Å². The van der Waals surface area contributed by atoms with Crippen molar-refractivity contribution in [2.45, 2.75) is 30.7 Å². The first kappa shape index (κ1) is 23.5. The second-order valence-electron chi connectivity index (χ2n) is 9.31. The fourth-order valence-corrected chi connectivity index (χ4v) is 4.62. The van der Waals surface area contributed by atoms with Gasteiger partial charge in [0.25, 0.3) is 0 Å². The van der Waals surface area contributed by atoms with Gasteiger partial charge in [0.05, 0.1) is 7.11 Å².